The molecule has 1 N–H and O–H groups in total. The molecule has 0 unspecified atom stereocenters. The number of likely N-dealkylation sites (tertiary alicyclic amines) is 1. The zero-order chi connectivity index (χ0) is 23.8. The number of nitrogens with zero attached hydrogens (tertiary/aromatic N) is 4. The van der Waals surface area contributed by atoms with Gasteiger partial charge in [0.15, 0.2) is 0 Å². The lowest BCUT2D eigenvalue weighted by atomic mass is 9.80. The van der Waals surface area contributed by atoms with Crippen molar-refractivity contribution in [3.63, 3.8) is 0 Å². The number of aryl methyl sites for hydroxylation is 1. The van der Waals surface area contributed by atoms with Gasteiger partial charge >= 0.3 is 5.97 Å². The second-order valence-corrected chi connectivity index (χ2v) is 8.76. The molecule has 3 heterocycles. The second-order valence-electron chi connectivity index (χ2n) is 8.76. The summed E-state index contributed by atoms with van der Waals surface area (Å²) < 4.78 is 5.39. The van der Waals surface area contributed by atoms with Crippen LogP contribution >= 0.6 is 0 Å². The quantitative estimate of drug-likeness (QED) is 0.513. The molecule has 1 aromatic carbocycles. The van der Waals surface area contributed by atoms with Gasteiger partial charge in [-0.25, -0.2) is 9.97 Å². The second kappa shape index (κ2) is 11.6. The number of carbonyl (C=O) groups is 1. The molecule has 1 aliphatic heterocycles. The van der Waals surface area contributed by atoms with Crippen LogP contribution in [0.1, 0.15) is 37.1 Å². The Labute approximate surface area is 200 Å². The smallest absolute Gasteiger partial charge is 0.303 e. The van der Waals surface area contributed by atoms with Crippen LogP contribution < -0.4 is 4.74 Å². The van der Waals surface area contributed by atoms with E-state index in [-0.39, 0.29) is 12.3 Å². The first kappa shape index (κ1) is 23.7. The lowest BCUT2D eigenvalue weighted by molar-refractivity contribution is -0.139. The number of carboxylic acids is 1. The summed E-state index contributed by atoms with van der Waals surface area (Å²) in [6.07, 6.45) is 9.38. The summed E-state index contributed by atoms with van der Waals surface area (Å²) in [7, 11) is 1.67. The SMILES string of the molecule is COc1ccc2nccc(CCC[C@@H]3CCN(CC#Cc4ncccn4)C[C@@H]3CC(=O)O)c2c1. The van der Waals surface area contributed by atoms with Gasteiger partial charge < -0.3 is 9.84 Å². The molecule has 0 spiro atoms. The normalized spacial score (nSPS) is 18.3. The van der Waals surface area contributed by atoms with Crippen molar-refractivity contribution in [2.75, 3.05) is 26.7 Å². The van der Waals surface area contributed by atoms with Crippen molar-refractivity contribution in [3.05, 3.63) is 60.3 Å². The van der Waals surface area contributed by atoms with E-state index in [1.165, 1.54) is 5.56 Å². The Balaban J connectivity index is 1.35. The van der Waals surface area contributed by atoms with Gasteiger partial charge in [0.05, 0.1) is 19.2 Å². The molecular weight excluding hydrogens is 428 g/mol. The minimum Gasteiger partial charge on any atom is -0.497 e. The van der Waals surface area contributed by atoms with Crippen LogP contribution in [0.3, 0.4) is 0 Å². The minimum atomic E-state index is -0.729. The van der Waals surface area contributed by atoms with Crippen LogP contribution in [0.2, 0.25) is 0 Å². The molecule has 1 fully saturated rings. The summed E-state index contributed by atoms with van der Waals surface area (Å²) in [6, 6.07) is 9.81. The number of aromatic nitrogens is 3. The lowest BCUT2D eigenvalue weighted by Crippen LogP contribution is -2.41. The first-order valence-corrected chi connectivity index (χ1v) is 11.7. The summed E-state index contributed by atoms with van der Waals surface area (Å²) in [6.45, 7) is 2.29. The molecule has 2 atom stereocenters. The summed E-state index contributed by atoms with van der Waals surface area (Å²) in [5.74, 6) is 7.28. The largest absolute Gasteiger partial charge is 0.497 e. The fourth-order valence-corrected chi connectivity index (χ4v) is 4.81. The molecule has 3 aromatic rings. The number of benzene rings is 1. The van der Waals surface area contributed by atoms with Crippen molar-refractivity contribution in [2.24, 2.45) is 11.8 Å². The fourth-order valence-electron chi connectivity index (χ4n) is 4.81. The van der Waals surface area contributed by atoms with Crippen LogP contribution in [0.25, 0.3) is 10.9 Å². The molecule has 0 aliphatic carbocycles. The van der Waals surface area contributed by atoms with Gasteiger partial charge in [-0.3, -0.25) is 14.7 Å². The number of aliphatic carboxylic acids is 1. The third-order valence-corrected chi connectivity index (χ3v) is 6.54. The highest BCUT2D eigenvalue weighted by molar-refractivity contribution is 5.83. The van der Waals surface area contributed by atoms with Crippen molar-refractivity contribution in [2.45, 2.75) is 32.1 Å². The number of fused-ring (bicyclic) bond motifs is 1. The van der Waals surface area contributed by atoms with E-state index in [4.69, 9.17) is 4.74 Å². The summed E-state index contributed by atoms with van der Waals surface area (Å²) in [5, 5.41) is 10.6. The van der Waals surface area contributed by atoms with E-state index in [1.807, 2.05) is 24.4 Å². The first-order chi connectivity index (χ1) is 16.6. The van der Waals surface area contributed by atoms with Gasteiger partial charge in [-0.1, -0.05) is 5.92 Å². The van der Waals surface area contributed by atoms with Gasteiger partial charge in [0, 0.05) is 36.9 Å². The number of methoxy groups -OCH3 is 1. The zero-order valence-corrected chi connectivity index (χ0v) is 19.5. The van der Waals surface area contributed by atoms with E-state index in [0.29, 0.717) is 18.3 Å². The molecule has 0 radical (unpaired) electrons. The molecule has 7 nitrogen and oxygen atoms in total. The summed E-state index contributed by atoms with van der Waals surface area (Å²) in [5.41, 5.74) is 2.23. The number of piperidine rings is 1. The summed E-state index contributed by atoms with van der Waals surface area (Å²) in [4.78, 5) is 26.5. The Morgan fingerprint density at radius 2 is 2.03 bits per heavy atom. The highest BCUT2D eigenvalue weighted by Gasteiger charge is 2.30. The molecule has 1 saturated heterocycles. The van der Waals surface area contributed by atoms with Crippen molar-refractivity contribution in [1.82, 2.24) is 19.9 Å². The fraction of sp³-hybridized carbons (Fsp3) is 0.407. The van der Waals surface area contributed by atoms with Gasteiger partial charge in [-0.2, -0.15) is 0 Å². The molecule has 0 amide bonds. The number of ether oxygens (including phenoxy) is 1. The Kier molecular flexibility index (Phi) is 8.05. The molecular formula is C27H30N4O3. The molecule has 7 heteroatoms. The van der Waals surface area contributed by atoms with Crippen LogP contribution in [0, 0.1) is 23.7 Å². The van der Waals surface area contributed by atoms with E-state index >= 15 is 0 Å². The molecule has 1 aliphatic rings. The third kappa shape index (κ3) is 6.30. The van der Waals surface area contributed by atoms with Gasteiger partial charge in [0.25, 0.3) is 0 Å². The Morgan fingerprint density at radius 3 is 2.82 bits per heavy atom. The van der Waals surface area contributed by atoms with Gasteiger partial charge in [0.1, 0.15) is 5.75 Å². The van der Waals surface area contributed by atoms with E-state index in [1.54, 1.807) is 25.6 Å². The minimum absolute atomic E-state index is 0.135. The van der Waals surface area contributed by atoms with Crippen LogP contribution in [0.5, 0.6) is 5.75 Å². The molecule has 0 saturated carbocycles. The standard InChI is InChI=1S/C27H30N4O3/c1-34-23-8-9-25-24(18-23)21(10-14-28-25)6-2-5-20-11-16-31(19-22(20)17-27(32)33)15-3-7-26-29-12-4-13-30-26/h4,8-10,12-14,18,20,22H,2,5-6,11,15-17,19H2,1H3,(H,32,33)/t20-,22+/m1/s1. The van der Waals surface area contributed by atoms with Gasteiger partial charge in [-0.05, 0) is 85.9 Å². The van der Waals surface area contributed by atoms with Crippen LogP contribution in [-0.2, 0) is 11.2 Å². The maximum Gasteiger partial charge on any atom is 0.303 e. The van der Waals surface area contributed by atoms with Crippen molar-refractivity contribution in [1.29, 1.82) is 0 Å². The van der Waals surface area contributed by atoms with Gasteiger partial charge in [0.2, 0.25) is 5.82 Å². The van der Waals surface area contributed by atoms with Gasteiger partial charge in [-0.15, -0.1) is 0 Å². The lowest BCUT2D eigenvalue weighted by Gasteiger charge is -2.37. The number of pyridine rings is 1. The summed E-state index contributed by atoms with van der Waals surface area (Å²) >= 11 is 0. The number of hydrogen-bond donors (Lipinski definition) is 1. The highest BCUT2D eigenvalue weighted by Crippen LogP contribution is 2.31. The number of rotatable bonds is 8. The average Bonchev–Trinajstić information content (AvgIpc) is 2.85. The van der Waals surface area contributed by atoms with E-state index in [9.17, 15) is 9.90 Å². The average molecular weight is 459 g/mol. The number of hydrogen-bond acceptors (Lipinski definition) is 6. The predicted molar refractivity (Wildman–Crippen MR) is 130 cm³/mol. The monoisotopic (exact) mass is 458 g/mol. The van der Waals surface area contributed by atoms with Crippen LogP contribution in [0.15, 0.2) is 48.9 Å². The highest BCUT2D eigenvalue weighted by atomic mass is 16.5. The molecule has 0 bridgehead atoms. The molecule has 4 rings (SSSR count). The maximum absolute atomic E-state index is 11.5. The van der Waals surface area contributed by atoms with E-state index < -0.39 is 5.97 Å². The third-order valence-electron chi connectivity index (χ3n) is 6.54. The molecule has 176 valence electrons. The van der Waals surface area contributed by atoms with E-state index in [2.05, 4.69) is 37.8 Å². The van der Waals surface area contributed by atoms with Crippen LogP contribution in [-0.4, -0.2) is 57.7 Å². The van der Waals surface area contributed by atoms with Crippen LogP contribution in [0.4, 0.5) is 0 Å². The topological polar surface area (TPSA) is 88.4 Å². The predicted octanol–water partition coefficient (Wildman–Crippen LogP) is 3.82. The zero-order valence-electron chi connectivity index (χ0n) is 19.5. The molecule has 2 aromatic heterocycles. The van der Waals surface area contributed by atoms with Crippen molar-refractivity contribution in [3.8, 4) is 17.6 Å². The Hall–Kier alpha value is -3.50. The van der Waals surface area contributed by atoms with Crippen molar-refractivity contribution >= 4 is 16.9 Å². The maximum atomic E-state index is 11.5. The molecule has 34 heavy (non-hydrogen) atoms. The van der Waals surface area contributed by atoms with E-state index in [0.717, 1.165) is 55.4 Å². The Bertz CT molecular complexity index is 1170. The number of carboxylic acid groups (broad SMARTS) is 1. The van der Waals surface area contributed by atoms with Crippen molar-refractivity contribution < 1.29 is 14.6 Å². The Morgan fingerprint density at radius 1 is 1.18 bits per heavy atom. The first-order valence-electron chi connectivity index (χ1n) is 11.7.